The molecule has 1 aliphatic carbocycles. The average molecular weight is 296 g/mol. The number of phenolic OH excluding ortho intramolecular Hbond substituents is 1. The number of hydrogen-bond donors (Lipinski definition) is 1. The van der Waals surface area contributed by atoms with Crippen molar-refractivity contribution >= 4 is 0 Å². The van der Waals surface area contributed by atoms with Crippen LogP contribution in [0.25, 0.3) is 5.69 Å². The molecular weight excluding hydrogens is 276 g/mol. The van der Waals surface area contributed by atoms with Crippen molar-refractivity contribution in [3.05, 3.63) is 35.7 Å². The topological polar surface area (TPSA) is 74.7 Å². The summed E-state index contributed by atoms with van der Waals surface area (Å²) in [5.41, 5.74) is 2.10. The number of nitrogens with zero attached hydrogens (tertiary/aromatic N) is 4. The van der Waals surface area contributed by atoms with Crippen LogP contribution >= 0.6 is 0 Å². The molecule has 3 rings (SSSR count). The SMILES string of the molecule is N#Cc1nnn(-c2ccc(O)cc2)c1CCC1CCCCC1. The summed E-state index contributed by atoms with van der Waals surface area (Å²) in [7, 11) is 0. The Bertz CT molecular complexity index is 663. The van der Waals surface area contributed by atoms with Crippen LogP contribution in [0, 0.1) is 17.2 Å². The molecule has 1 aromatic heterocycles. The third-order valence-corrected chi connectivity index (χ3v) is 4.48. The summed E-state index contributed by atoms with van der Waals surface area (Å²) in [6.07, 6.45) is 8.50. The molecule has 0 saturated heterocycles. The van der Waals surface area contributed by atoms with Crippen molar-refractivity contribution in [1.82, 2.24) is 15.0 Å². The third-order valence-electron chi connectivity index (χ3n) is 4.48. The van der Waals surface area contributed by atoms with Crippen LogP contribution in [0.1, 0.15) is 49.9 Å². The largest absolute Gasteiger partial charge is 0.508 e. The smallest absolute Gasteiger partial charge is 0.186 e. The molecule has 1 saturated carbocycles. The number of benzene rings is 1. The number of phenols is 1. The minimum atomic E-state index is 0.216. The highest BCUT2D eigenvalue weighted by Gasteiger charge is 2.18. The van der Waals surface area contributed by atoms with E-state index in [9.17, 15) is 10.4 Å². The molecule has 0 spiro atoms. The lowest BCUT2D eigenvalue weighted by Crippen LogP contribution is -2.10. The predicted molar refractivity (Wildman–Crippen MR) is 82.6 cm³/mol. The molecule has 0 aliphatic heterocycles. The average Bonchev–Trinajstić information content (AvgIpc) is 2.97. The zero-order valence-electron chi connectivity index (χ0n) is 12.6. The van der Waals surface area contributed by atoms with Gasteiger partial charge in [-0.25, -0.2) is 4.68 Å². The number of rotatable bonds is 4. The summed E-state index contributed by atoms with van der Waals surface area (Å²) in [4.78, 5) is 0. The van der Waals surface area contributed by atoms with E-state index in [1.54, 1.807) is 28.9 Å². The van der Waals surface area contributed by atoms with Gasteiger partial charge in [-0.2, -0.15) is 5.26 Å². The first-order valence-electron chi connectivity index (χ1n) is 7.92. The second kappa shape index (κ2) is 6.61. The first-order chi connectivity index (χ1) is 10.8. The maximum Gasteiger partial charge on any atom is 0.186 e. The van der Waals surface area contributed by atoms with Gasteiger partial charge in [0.2, 0.25) is 0 Å². The molecule has 0 unspecified atom stereocenters. The van der Waals surface area contributed by atoms with Crippen molar-refractivity contribution in [2.24, 2.45) is 5.92 Å². The molecule has 1 heterocycles. The summed E-state index contributed by atoms with van der Waals surface area (Å²) in [5.74, 6) is 0.969. The normalized spacial score (nSPS) is 15.6. The molecule has 0 amide bonds. The van der Waals surface area contributed by atoms with Gasteiger partial charge < -0.3 is 5.11 Å². The Morgan fingerprint density at radius 2 is 1.91 bits per heavy atom. The van der Waals surface area contributed by atoms with Crippen LogP contribution in [0.15, 0.2) is 24.3 Å². The van der Waals surface area contributed by atoms with Crippen molar-refractivity contribution in [1.29, 1.82) is 5.26 Å². The van der Waals surface area contributed by atoms with E-state index in [0.29, 0.717) is 5.69 Å². The number of hydrogen-bond acceptors (Lipinski definition) is 4. The second-order valence-corrected chi connectivity index (χ2v) is 5.97. The molecule has 0 radical (unpaired) electrons. The molecular formula is C17H20N4O. The molecule has 1 aliphatic rings. The molecule has 1 N–H and O–H groups in total. The van der Waals surface area contributed by atoms with Gasteiger partial charge in [0.05, 0.1) is 11.4 Å². The molecule has 0 atom stereocenters. The van der Waals surface area contributed by atoms with Gasteiger partial charge in [0.1, 0.15) is 11.8 Å². The fraction of sp³-hybridized carbons (Fsp3) is 0.471. The molecule has 114 valence electrons. The quantitative estimate of drug-likeness (QED) is 0.938. The highest BCUT2D eigenvalue weighted by Crippen LogP contribution is 2.28. The lowest BCUT2D eigenvalue weighted by atomic mass is 9.85. The Hall–Kier alpha value is -2.35. The van der Waals surface area contributed by atoms with E-state index in [1.165, 1.54) is 32.1 Å². The maximum atomic E-state index is 9.40. The lowest BCUT2D eigenvalue weighted by molar-refractivity contribution is 0.337. The molecule has 22 heavy (non-hydrogen) atoms. The van der Waals surface area contributed by atoms with Crippen LogP contribution in [-0.2, 0) is 6.42 Å². The fourth-order valence-corrected chi connectivity index (χ4v) is 3.23. The monoisotopic (exact) mass is 296 g/mol. The van der Waals surface area contributed by atoms with Crippen LogP contribution in [-0.4, -0.2) is 20.1 Å². The highest BCUT2D eigenvalue weighted by molar-refractivity contribution is 5.39. The van der Waals surface area contributed by atoms with Crippen LogP contribution in [0.4, 0.5) is 0 Å². The second-order valence-electron chi connectivity index (χ2n) is 5.97. The minimum absolute atomic E-state index is 0.216. The lowest BCUT2D eigenvalue weighted by Gasteiger charge is -2.21. The van der Waals surface area contributed by atoms with Crippen LogP contribution < -0.4 is 0 Å². The van der Waals surface area contributed by atoms with Gasteiger partial charge in [-0.15, -0.1) is 5.10 Å². The number of aromatic nitrogens is 3. The van der Waals surface area contributed by atoms with Gasteiger partial charge in [-0.05, 0) is 43.0 Å². The summed E-state index contributed by atoms with van der Waals surface area (Å²) < 4.78 is 1.72. The minimum Gasteiger partial charge on any atom is -0.508 e. The van der Waals surface area contributed by atoms with E-state index in [-0.39, 0.29) is 5.75 Å². The molecule has 1 aromatic carbocycles. The number of aromatic hydroxyl groups is 1. The van der Waals surface area contributed by atoms with E-state index in [4.69, 9.17) is 0 Å². The number of nitriles is 1. The predicted octanol–water partition coefficient (Wildman–Crippen LogP) is 3.36. The zero-order valence-corrected chi connectivity index (χ0v) is 12.6. The van der Waals surface area contributed by atoms with Gasteiger partial charge in [0.15, 0.2) is 5.69 Å². The van der Waals surface area contributed by atoms with Crippen molar-refractivity contribution in [3.63, 3.8) is 0 Å². The molecule has 2 aromatic rings. The summed E-state index contributed by atoms with van der Waals surface area (Å²) in [6.45, 7) is 0. The highest BCUT2D eigenvalue weighted by atomic mass is 16.3. The summed E-state index contributed by atoms with van der Waals surface area (Å²) in [5, 5.41) is 26.8. The van der Waals surface area contributed by atoms with E-state index in [1.807, 2.05) is 0 Å². The summed E-state index contributed by atoms with van der Waals surface area (Å²) >= 11 is 0. The Labute approximate surface area is 130 Å². The first kappa shape index (κ1) is 14.6. The fourth-order valence-electron chi connectivity index (χ4n) is 3.23. The van der Waals surface area contributed by atoms with Crippen LogP contribution in [0.5, 0.6) is 5.75 Å². The first-order valence-corrected chi connectivity index (χ1v) is 7.92. The molecule has 5 nitrogen and oxygen atoms in total. The van der Waals surface area contributed by atoms with E-state index >= 15 is 0 Å². The Kier molecular flexibility index (Phi) is 4.38. The Morgan fingerprint density at radius 1 is 1.18 bits per heavy atom. The van der Waals surface area contributed by atoms with Crippen molar-refractivity contribution in [2.75, 3.05) is 0 Å². The van der Waals surface area contributed by atoms with E-state index < -0.39 is 0 Å². The van der Waals surface area contributed by atoms with Crippen LogP contribution in [0.2, 0.25) is 0 Å². The molecule has 1 fully saturated rings. The van der Waals surface area contributed by atoms with Crippen LogP contribution in [0.3, 0.4) is 0 Å². The Morgan fingerprint density at radius 3 is 2.59 bits per heavy atom. The van der Waals surface area contributed by atoms with Crippen molar-refractivity contribution in [3.8, 4) is 17.5 Å². The Balaban J connectivity index is 1.81. The van der Waals surface area contributed by atoms with Crippen molar-refractivity contribution < 1.29 is 5.11 Å². The van der Waals surface area contributed by atoms with Crippen molar-refractivity contribution in [2.45, 2.75) is 44.9 Å². The van der Waals surface area contributed by atoms with Gasteiger partial charge >= 0.3 is 0 Å². The standard InChI is InChI=1S/C17H20N4O/c18-12-16-17(11-6-13-4-2-1-3-5-13)21(20-19-16)14-7-9-15(22)10-8-14/h7-10,13,22H,1-6,11H2. The summed E-state index contributed by atoms with van der Waals surface area (Å²) in [6, 6.07) is 8.95. The maximum absolute atomic E-state index is 9.40. The van der Waals surface area contributed by atoms with Gasteiger partial charge in [0.25, 0.3) is 0 Å². The van der Waals surface area contributed by atoms with Gasteiger partial charge in [-0.3, -0.25) is 0 Å². The molecule has 5 heteroatoms. The van der Waals surface area contributed by atoms with Gasteiger partial charge in [-0.1, -0.05) is 37.3 Å². The van der Waals surface area contributed by atoms with E-state index in [0.717, 1.165) is 30.1 Å². The third kappa shape index (κ3) is 3.11. The van der Waals surface area contributed by atoms with Gasteiger partial charge in [0, 0.05) is 0 Å². The molecule has 0 bridgehead atoms. The zero-order chi connectivity index (χ0) is 15.4. The van der Waals surface area contributed by atoms with E-state index in [2.05, 4.69) is 16.4 Å².